The number of aromatic nitrogens is 4. The Bertz CT molecular complexity index is 1410. The van der Waals surface area contributed by atoms with E-state index in [1.165, 1.54) is 0 Å². The van der Waals surface area contributed by atoms with Gasteiger partial charge in [-0.25, -0.2) is 13.5 Å². The van der Waals surface area contributed by atoms with Gasteiger partial charge in [0.05, 0.1) is 28.1 Å². The number of anilines is 2. The lowest BCUT2D eigenvalue weighted by Gasteiger charge is -2.32. The second-order valence-electron chi connectivity index (χ2n) is 8.68. The van der Waals surface area contributed by atoms with E-state index in [1.54, 1.807) is 0 Å². The van der Waals surface area contributed by atoms with E-state index in [4.69, 9.17) is 16.7 Å². The molecule has 0 atom stereocenters. The second-order valence-corrected chi connectivity index (χ2v) is 9.12. The van der Waals surface area contributed by atoms with Crippen molar-refractivity contribution >= 4 is 39.9 Å². The van der Waals surface area contributed by atoms with Crippen molar-refractivity contribution in [1.82, 2.24) is 20.0 Å². The molecular weight excluding hydrogens is 474 g/mol. The summed E-state index contributed by atoms with van der Waals surface area (Å²) >= 11 is 6.04. The maximum absolute atomic E-state index is 13.9. The molecule has 1 fully saturated rings. The molecule has 0 saturated carbocycles. The van der Waals surface area contributed by atoms with E-state index in [0.29, 0.717) is 36.8 Å². The van der Waals surface area contributed by atoms with E-state index in [0.717, 1.165) is 46.2 Å². The number of carbonyl (C=O) groups excluding carboxylic acids is 1. The van der Waals surface area contributed by atoms with Crippen molar-refractivity contribution in [3.63, 3.8) is 0 Å². The summed E-state index contributed by atoms with van der Waals surface area (Å²) in [5.74, 6) is -1.25. The summed E-state index contributed by atoms with van der Waals surface area (Å²) in [5, 5.41) is 17.8. The molecule has 4 aromatic rings. The lowest BCUT2D eigenvalue weighted by atomic mass is 9.95. The molecule has 0 unspecified atom stereocenters. The zero-order valence-electron chi connectivity index (χ0n) is 19.2. The molecule has 35 heavy (non-hydrogen) atoms. The van der Waals surface area contributed by atoms with Crippen LogP contribution in [0.25, 0.3) is 16.6 Å². The van der Waals surface area contributed by atoms with Gasteiger partial charge < -0.3 is 10.2 Å². The van der Waals surface area contributed by atoms with E-state index in [9.17, 15) is 13.6 Å². The first kappa shape index (κ1) is 23.2. The Balaban J connectivity index is 1.37. The van der Waals surface area contributed by atoms with Crippen molar-refractivity contribution in [2.75, 3.05) is 23.3 Å². The third kappa shape index (κ3) is 4.43. The first-order valence-electron chi connectivity index (χ1n) is 11.3. The van der Waals surface area contributed by atoms with Gasteiger partial charge in [-0.2, -0.15) is 10.2 Å². The minimum atomic E-state index is -0.666. The van der Waals surface area contributed by atoms with Gasteiger partial charge in [-0.3, -0.25) is 4.79 Å². The lowest BCUT2D eigenvalue weighted by Crippen LogP contribution is -2.39. The fourth-order valence-electron chi connectivity index (χ4n) is 4.54. The summed E-state index contributed by atoms with van der Waals surface area (Å²) in [4.78, 5) is 14.8. The first-order chi connectivity index (χ1) is 16.8. The fraction of sp³-hybridized carbons (Fsp3) is 0.280. The summed E-state index contributed by atoms with van der Waals surface area (Å²) in [6.07, 6.45) is 1.08. The number of halogens is 3. The van der Waals surface area contributed by atoms with Crippen molar-refractivity contribution in [3.05, 3.63) is 70.5 Å². The predicted molar refractivity (Wildman–Crippen MR) is 131 cm³/mol. The van der Waals surface area contributed by atoms with Crippen LogP contribution in [-0.4, -0.2) is 39.0 Å². The molecule has 1 saturated heterocycles. The van der Waals surface area contributed by atoms with Gasteiger partial charge in [0.1, 0.15) is 17.2 Å². The molecule has 0 radical (unpaired) electrons. The number of nitrogens with zero attached hydrogens (tertiary/aromatic N) is 5. The van der Waals surface area contributed by atoms with Crippen LogP contribution in [0.1, 0.15) is 24.2 Å². The molecule has 180 valence electrons. The van der Waals surface area contributed by atoms with E-state index in [1.807, 2.05) is 42.8 Å². The highest BCUT2D eigenvalue weighted by atomic mass is 35.5. The highest BCUT2D eigenvalue weighted by Crippen LogP contribution is 2.32. The van der Waals surface area contributed by atoms with Crippen molar-refractivity contribution in [1.29, 1.82) is 0 Å². The van der Waals surface area contributed by atoms with Gasteiger partial charge in [0.15, 0.2) is 5.82 Å². The van der Waals surface area contributed by atoms with Crippen LogP contribution in [-0.2, 0) is 4.79 Å². The Morgan fingerprint density at radius 2 is 1.77 bits per heavy atom. The van der Waals surface area contributed by atoms with Gasteiger partial charge in [-0.15, -0.1) is 5.10 Å². The highest BCUT2D eigenvalue weighted by molar-refractivity contribution is 6.30. The van der Waals surface area contributed by atoms with Crippen LogP contribution >= 0.6 is 11.6 Å². The molecule has 1 amide bonds. The molecule has 2 aromatic carbocycles. The zero-order chi connectivity index (χ0) is 24.7. The van der Waals surface area contributed by atoms with E-state index in [2.05, 4.69) is 20.4 Å². The zero-order valence-corrected chi connectivity index (χ0v) is 20.0. The minimum absolute atomic E-state index is 0.147. The molecule has 0 spiro atoms. The summed E-state index contributed by atoms with van der Waals surface area (Å²) in [6.45, 7) is 5.01. The number of carbonyl (C=O) groups is 1. The summed E-state index contributed by atoms with van der Waals surface area (Å²) < 4.78 is 29.2. The van der Waals surface area contributed by atoms with Crippen LogP contribution in [0.5, 0.6) is 0 Å². The Morgan fingerprint density at radius 1 is 1.06 bits per heavy atom. The van der Waals surface area contributed by atoms with Crippen molar-refractivity contribution in [3.8, 4) is 5.69 Å². The van der Waals surface area contributed by atoms with Crippen molar-refractivity contribution < 1.29 is 13.6 Å². The third-order valence-electron chi connectivity index (χ3n) is 6.41. The number of hydrogen-bond acceptors (Lipinski definition) is 5. The second kappa shape index (κ2) is 9.22. The standard InChI is InChI=1S/C25H23ClF2N6O/c1-14-22-15(2)34(19-6-3-17(26)4-7-19)32-23(22)24(31-30-14)33-11-9-16(10-12-33)25(35)29-21-13-18(27)5-8-20(21)28/h3-8,13,16H,9-12H2,1-2H3,(H,29,35). The van der Waals surface area contributed by atoms with Gasteiger partial charge in [0, 0.05) is 30.1 Å². The molecule has 1 aliphatic heterocycles. The van der Waals surface area contributed by atoms with Gasteiger partial charge in [-0.1, -0.05) is 11.6 Å². The minimum Gasteiger partial charge on any atom is -0.353 e. The molecule has 1 aliphatic rings. The summed E-state index contributed by atoms with van der Waals surface area (Å²) in [6, 6.07) is 10.4. The van der Waals surface area contributed by atoms with Crippen LogP contribution in [0.3, 0.4) is 0 Å². The van der Waals surface area contributed by atoms with Gasteiger partial charge >= 0.3 is 0 Å². The molecule has 10 heteroatoms. The number of piperidine rings is 1. The largest absolute Gasteiger partial charge is 0.353 e. The topological polar surface area (TPSA) is 75.9 Å². The molecule has 1 N–H and O–H groups in total. The normalized spacial score (nSPS) is 14.5. The molecule has 5 rings (SSSR count). The predicted octanol–water partition coefficient (Wildman–Crippen LogP) is 5.22. The average molecular weight is 497 g/mol. The molecule has 7 nitrogen and oxygen atoms in total. The number of hydrogen-bond donors (Lipinski definition) is 1. The number of amides is 1. The first-order valence-corrected chi connectivity index (χ1v) is 11.7. The van der Waals surface area contributed by atoms with Gasteiger partial charge in [-0.05, 0) is 63.1 Å². The van der Waals surface area contributed by atoms with Crippen molar-refractivity contribution in [2.45, 2.75) is 26.7 Å². The number of rotatable bonds is 4. The lowest BCUT2D eigenvalue weighted by molar-refractivity contribution is -0.120. The molecule has 0 bridgehead atoms. The van der Waals surface area contributed by atoms with Crippen LogP contribution in [0, 0.1) is 31.4 Å². The van der Waals surface area contributed by atoms with Gasteiger partial charge in [0.25, 0.3) is 0 Å². The number of fused-ring (bicyclic) bond motifs is 1. The Labute approximate surface area is 205 Å². The maximum atomic E-state index is 13.9. The van der Waals surface area contributed by atoms with E-state index >= 15 is 0 Å². The van der Waals surface area contributed by atoms with Crippen LogP contribution in [0.2, 0.25) is 5.02 Å². The van der Waals surface area contributed by atoms with E-state index in [-0.39, 0.29) is 17.5 Å². The number of nitrogens with one attached hydrogen (secondary N) is 1. The fourth-order valence-corrected chi connectivity index (χ4v) is 4.67. The monoisotopic (exact) mass is 496 g/mol. The Hall–Kier alpha value is -3.59. The number of benzene rings is 2. The smallest absolute Gasteiger partial charge is 0.227 e. The van der Waals surface area contributed by atoms with Crippen LogP contribution in [0.15, 0.2) is 42.5 Å². The van der Waals surface area contributed by atoms with E-state index < -0.39 is 11.6 Å². The van der Waals surface area contributed by atoms with Crippen molar-refractivity contribution in [2.24, 2.45) is 5.92 Å². The van der Waals surface area contributed by atoms with Crippen LogP contribution in [0.4, 0.5) is 20.3 Å². The number of aryl methyl sites for hydroxylation is 2. The molecule has 3 heterocycles. The van der Waals surface area contributed by atoms with Crippen LogP contribution < -0.4 is 10.2 Å². The third-order valence-corrected chi connectivity index (χ3v) is 6.66. The highest BCUT2D eigenvalue weighted by Gasteiger charge is 2.29. The van der Waals surface area contributed by atoms with Gasteiger partial charge in [0.2, 0.25) is 5.91 Å². The maximum Gasteiger partial charge on any atom is 0.227 e. The molecular formula is C25H23ClF2N6O. The summed E-state index contributed by atoms with van der Waals surface area (Å²) in [7, 11) is 0. The molecule has 0 aliphatic carbocycles. The Kier molecular flexibility index (Phi) is 6.10. The average Bonchev–Trinajstić information content (AvgIpc) is 3.20. The SMILES string of the molecule is Cc1nnc(N2CCC(C(=O)Nc3cc(F)ccc3F)CC2)c2nn(-c3ccc(Cl)cc3)c(C)c12. The molecule has 2 aromatic heterocycles. The quantitative estimate of drug-likeness (QED) is 0.419. The summed E-state index contributed by atoms with van der Waals surface area (Å²) in [5.41, 5.74) is 3.21. The Morgan fingerprint density at radius 3 is 2.49 bits per heavy atom.